The van der Waals surface area contributed by atoms with Gasteiger partial charge < -0.3 is 55.5 Å². The Morgan fingerprint density at radius 3 is 1.88 bits per heavy atom. The third-order valence-electron chi connectivity index (χ3n) is 4.35. The second kappa shape index (κ2) is 22.0. The predicted octanol–water partition coefficient (Wildman–Crippen LogP) is -3.28. The monoisotopic (exact) mass is 604 g/mol. The minimum absolute atomic E-state index is 0.153. The predicted molar refractivity (Wildman–Crippen MR) is 132 cm³/mol. The highest BCUT2D eigenvalue weighted by molar-refractivity contribution is 7.50. The van der Waals surface area contributed by atoms with Crippen LogP contribution in [-0.2, 0) is 52.0 Å². The summed E-state index contributed by atoms with van der Waals surface area (Å²) in [5.74, 6) is -6.21. The minimum atomic E-state index is -4.91. The number of carboxylic acid groups (broad SMARTS) is 3. The Balaban J connectivity index is 4.21. The van der Waals surface area contributed by atoms with E-state index in [2.05, 4.69) is 9.84 Å². The first-order chi connectivity index (χ1) is 18.9. The Hall–Kier alpha value is -2.74. The molecule has 232 valence electrons. The summed E-state index contributed by atoms with van der Waals surface area (Å²) in [4.78, 5) is 66.5. The van der Waals surface area contributed by atoms with E-state index in [0.29, 0.717) is 39.6 Å². The summed E-state index contributed by atoms with van der Waals surface area (Å²) < 4.78 is 37.1. The topological polar surface area (TPSA) is 292 Å². The van der Waals surface area contributed by atoms with Crippen molar-refractivity contribution in [3.05, 3.63) is 0 Å². The van der Waals surface area contributed by atoms with Gasteiger partial charge in [-0.1, -0.05) is 0 Å². The molecular weight excluding hydrogens is 567 g/mol. The summed E-state index contributed by atoms with van der Waals surface area (Å²) in [6.45, 7) is 0.364. The van der Waals surface area contributed by atoms with E-state index in [1.54, 1.807) is 5.09 Å². The fourth-order valence-electron chi connectivity index (χ4n) is 2.51. The Labute approximate surface area is 229 Å². The van der Waals surface area contributed by atoms with Gasteiger partial charge in [-0.2, -0.15) is 0 Å². The number of nitrogens with two attached hydrogens (primary N) is 1. The summed E-state index contributed by atoms with van der Waals surface area (Å²) in [6, 6.07) is -3.61. The number of ether oxygens (including phenoxy) is 4. The smallest absolute Gasteiger partial charge is 0.403 e. The highest BCUT2D eigenvalue weighted by Gasteiger charge is 2.31. The summed E-state index contributed by atoms with van der Waals surface area (Å²) in [5, 5.41) is 33.0. The number of amides is 2. The number of rotatable bonds is 26. The van der Waals surface area contributed by atoms with Crippen molar-refractivity contribution < 1.29 is 72.2 Å². The molecule has 0 fully saturated rings. The molecule has 20 heteroatoms. The van der Waals surface area contributed by atoms with Gasteiger partial charge in [0.05, 0.1) is 46.2 Å². The lowest BCUT2D eigenvalue weighted by atomic mass is 10.2. The van der Waals surface area contributed by atoms with E-state index in [-0.39, 0.29) is 13.2 Å². The van der Waals surface area contributed by atoms with Crippen LogP contribution in [0.3, 0.4) is 0 Å². The first kappa shape index (κ1) is 37.3. The molecule has 0 aromatic carbocycles. The van der Waals surface area contributed by atoms with Gasteiger partial charge in [-0.05, 0) is 6.42 Å². The fraction of sp³-hybridized carbons (Fsp3) is 0.750. The van der Waals surface area contributed by atoms with E-state index in [0.717, 1.165) is 0 Å². The van der Waals surface area contributed by atoms with Crippen molar-refractivity contribution in [1.29, 1.82) is 0 Å². The van der Waals surface area contributed by atoms with Gasteiger partial charge in [0, 0.05) is 19.5 Å². The van der Waals surface area contributed by atoms with Gasteiger partial charge in [-0.3, -0.25) is 23.7 Å². The van der Waals surface area contributed by atoms with E-state index in [1.165, 1.54) is 0 Å². The van der Waals surface area contributed by atoms with Crippen LogP contribution in [0.5, 0.6) is 0 Å². The molecule has 0 aliphatic heterocycles. The van der Waals surface area contributed by atoms with E-state index in [9.17, 15) is 38.5 Å². The molecule has 0 saturated carbocycles. The van der Waals surface area contributed by atoms with Crippen molar-refractivity contribution in [3.63, 3.8) is 0 Å². The quantitative estimate of drug-likeness (QED) is 0.0354. The van der Waals surface area contributed by atoms with Crippen LogP contribution >= 0.6 is 7.75 Å². The molecule has 9 N–H and O–H groups in total. The normalized spacial score (nSPS) is 14.1. The lowest BCUT2D eigenvalue weighted by molar-refractivity contribution is -0.144. The molecule has 0 bridgehead atoms. The van der Waals surface area contributed by atoms with Crippen LogP contribution in [0.25, 0.3) is 0 Å². The standard InChI is InChI=1S/C20H37N4O15P/c21-3-5-35-7-9-37-10-8-36-6-4-22-16(25)12-38-13-17(26)23-15(20(31)32)11-39-40(33,34)24-14(19(29)30)1-2-18(27)28/h14-15H,1-13,21H2,(H,22,25)(H,23,26)(H,27,28)(H,29,30)(H,31,32)(H2,24,33,34)/t14-,15-/m0/s1. The first-order valence-electron chi connectivity index (χ1n) is 11.9. The van der Waals surface area contributed by atoms with E-state index in [4.69, 9.17) is 34.9 Å². The van der Waals surface area contributed by atoms with Crippen molar-refractivity contribution in [3.8, 4) is 0 Å². The van der Waals surface area contributed by atoms with Crippen LogP contribution < -0.4 is 21.5 Å². The molecule has 40 heavy (non-hydrogen) atoms. The molecule has 0 saturated heterocycles. The number of nitrogens with one attached hydrogen (secondary N) is 3. The van der Waals surface area contributed by atoms with Crippen molar-refractivity contribution >= 4 is 37.5 Å². The highest BCUT2D eigenvalue weighted by Crippen LogP contribution is 2.38. The Kier molecular flexibility index (Phi) is 20.5. The molecule has 0 aromatic rings. The molecule has 0 aliphatic rings. The summed E-state index contributed by atoms with van der Waals surface area (Å²) in [5.41, 5.74) is 5.27. The zero-order chi connectivity index (χ0) is 30.4. The van der Waals surface area contributed by atoms with Crippen LogP contribution in [0, 0.1) is 0 Å². The number of hydrogen-bond acceptors (Lipinski definition) is 12. The van der Waals surface area contributed by atoms with Gasteiger partial charge in [-0.25, -0.2) is 14.4 Å². The Morgan fingerprint density at radius 1 is 0.775 bits per heavy atom. The number of carbonyl (C=O) groups is 5. The maximum atomic E-state index is 12.1. The summed E-state index contributed by atoms with van der Waals surface area (Å²) in [7, 11) is -4.91. The third-order valence-corrected chi connectivity index (χ3v) is 5.49. The lowest BCUT2D eigenvalue weighted by Gasteiger charge is -2.20. The van der Waals surface area contributed by atoms with Crippen molar-refractivity contribution in [2.75, 3.05) is 72.6 Å². The number of carboxylic acids is 3. The van der Waals surface area contributed by atoms with Gasteiger partial charge in [-0.15, -0.1) is 0 Å². The maximum Gasteiger partial charge on any atom is 0.403 e. The SMILES string of the molecule is NCCOCCOCCOCCNC(=O)COCC(=O)N[C@@H](COP(=O)(O)N[C@@H](CCC(=O)O)C(=O)O)C(=O)O. The van der Waals surface area contributed by atoms with Gasteiger partial charge in [0.2, 0.25) is 11.8 Å². The maximum absolute atomic E-state index is 12.1. The number of carbonyl (C=O) groups excluding carboxylic acids is 2. The molecule has 2 amide bonds. The molecule has 0 spiro atoms. The van der Waals surface area contributed by atoms with E-state index < -0.39 is 82.2 Å². The van der Waals surface area contributed by atoms with Crippen LogP contribution in [0.1, 0.15) is 12.8 Å². The summed E-state index contributed by atoms with van der Waals surface area (Å²) in [6.07, 6.45) is -1.19. The van der Waals surface area contributed by atoms with Crippen LogP contribution in [-0.4, -0.2) is 135 Å². The van der Waals surface area contributed by atoms with Gasteiger partial charge >= 0.3 is 25.7 Å². The third kappa shape index (κ3) is 21.1. The number of aliphatic carboxylic acids is 3. The van der Waals surface area contributed by atoms with Crippen molar-refractivity contribution in [2.24, 2.45) is 5.73 Å². The van der Waals surface area contributed by atoms with Crippen LogP contribution in [0.2, 0.25) is 0 Å². The highest BCUT2D eigenvalue weighted by atomic mass is 31.2. The molecule has 1 unspecified atom stereocenters. The first-order valence-corrected chi connectivity index (χ1v) is 13.4. The molecule has 0 heterocycles. The molecule has 0 rings (SSSR count). The second-order valence-corrected chi connectivity index (χ2v) is 9.25. The molecular formula is C20H37N4O15P. The molecule has 3 atom stereocenters. The van der Waals surface area contributed by atoms with Gasteiger partial charge in [0.25, 0.3) is 0 Å². The minimum Gasteiger partial charge on any atom is -0.481 e. The average molecular weight is 605 g/mol. The molecule has 0 aliphatic carbocycles. The van der Waals surface area contributed by atoms with Gasteiger partial charge in [0.1, 0.15) is 19.3 Å². The summed E-state index contributed by atoms with van der Waals surface area (Å²) >= 11 is 0. The van der Waals surface area contributed by atoms with Gasteiger partial charge in [0.15, 0.2) is 6.04 Å². The van der Waals surface area contributed by atoms with E-state index in [1.807, 2.05) is 5.32 Å². The molecule has 0 radical (unpaired) electrons. The molecule has 0 aromatic heterocycles. The zero-order valence-electron chi connectivity index (χ0n) is 21.7. The largest absolute Gasteiger partial charge is 0.481 e. The Morgan fingerprint density at radius 2 is 1.32 bits per heavy atom. The second-order valence-electron chi connectivity index (χ2n) is 7.70. The van der Waals surface area contributed by atoms with Crippen LogP contribution in [0.4, 0.5) is 0 Å². The van der Waals surface area contributed by atoms with E-state index >= 15 is 0 Å². The molecule has 19 nitrogen and oxygen atoms in total. The fourth-order valence-corrected chi connectivity index (χ4v) is 3.57. The average Bonchev–Trinajstić information content (AvgIpc) is 2.87. The van der Waals surface area contributed by atoms with Crippen LogP contribution in [0.15, 0.2) is 0 Å². The van der Waals surface area contributed by atoms with Crippen molar-refractivity contribution in [2.45, 2.75) is 24.9 Å². The number of hydrogen-bond donors (Lipinski definition) is 8. The zero-order valence-corrected chi connectivity index (χ0v) is 22.5. The van der Waals surface area contributed by atoms with Crippen molar-refractivity contribution in [1.82, 2.24) is 15.7 Å². The Bertz CT molecular complexity index is 847. The lowest BCUT2D eigenvalue weighted by Crippen LogP contribution is -2.46.